The molecular formula is C16H20N2O6. The Labute approximate surface area is 139 Å². The number of methoxy groups -OCH3 is 2. The number of amides is 2. The zero-order valence-electron chi connectivity index (χ0n) is 13.8. The third-order valence-corrected chi connectivity index (χ3v) is 2.91. The van der Waals surface area contributed by atoms with Crippen LogP contribution in [0.1, 0.15) is 5.56 Å². The Morgan fingerprint density at radius 3 is 2.50 bits per heavy atom. The molecule has 1 rings (SSSR count). The Hall–Kier alpha value is -3.03. The number of carbonyl (C=O) groups excluding carboxylic acids is 3. The van der Waals surface area contributed by atoms with Crippen LogP contribution in [-0.2, 0) is 19.1 Å². The highest BCUT2D eigenvalue weighted by Crippen LogP contribution is 2.24. The molecule has 0 radical (unpaired) electrons. The van der Waals surface area contributed by atoms with Gasteiger partial charge in [0.1, 0.15) is 11.5 Å². The molecule has 2 amide bonds. The number of benzene rings is 1. The number of hydrogen-bond donors (Lipinski definition) is 2. The molecule has 0 aromatic heterocycles. The van der Waals surface area contributed by atoms with E-state index in [4.69, 9.17) is 14.2 Å². The van der Waals surface area contributed by atoms with E-state index in [0.29, 0.717) is 17.1 Å². The van der Waals surface area contributed by atoms with Gasteiger partial charge in [-0.3, -0.25) is 9.59 Å². The summed E-state index contributed by atoms with van der Waals surface area (Å²) in [6, 6.07) is 5.13. The lowest BCUT2D eigenvalue weighted by atomic mass is 10.1. The maximum absolute atomic E-state index is 11.6. The second-order valence-corrected chi connectivity index (χ2v) is 4.50. The van der Waals surface area contributed by atoms with Gasteiger partial charge in [0, 0.05) is 18.7 Å². The Morgan fingerprint density at radius 1 is 1.12 bits per heavy atom. The molecule has 8 nitrogen and oxygen atoms in total. The van der Waals surface area contributed by atoms with Crippen molar-refractivity contribution in [1.82, 2.24) is 10.6 Å². The number of ether oxygens (including phenoxy) is 3. The molecule has 1 aromatic rings. The van der Waals surface area contributed by atoms with Crippen molar-refractivity contribution in [2.24, 2.45) is 0 Å². The first-order valence-electron chi connectivity index (χ1n) is 7.04. The van der Waals surface area contributed by atoms with Crippen molar-refractivity contribution in [3.8, 4) is 11.5 Å². The molecule has 0 spiro atoms. The zero-order valence-corrected chi connectivity index (χ0v) is 13.8. The van der Waals surface area contributed by atoms with Crippen LogP contribution in [-0.4, -0.2) is 52.2 Å². The predicted molar refractivity (Wildman–Crippen MR) is 86.6 cm³/mol. The Kier molecular flexibility index (Phi) is 7.83. The molecule has 0 fully saturated rings. The average Bonchev–Trinajstić information content (AvgIpc) is 2.62. The predicted octanol–water partition coefficient (Wildman–Crippen LogP) is 0.122. The van der Waals surface area contributed by atoms with Crippen molar-refractivity contribution in [3.05, 3.63) is 29.8 Å². The first kappa shape index (κ1) is 19.0. The first-order chi connectivity index (χ1) is 11.5. The summed E-state index contributed by atoms with van der Waals surface area (Å²) in [6.07, 6.45) is 2.66. The van der Waals surface area contributed by atoms with Gasteiger partial charge in [0.15, 0.2) is 6.61 Å². The van der Waals surface area contributed by atoms with Gasteiger partial charge in [0.25, 0.3) is 5.91 Å². The van der Waals surface area contributed by atoms with Gasteiger partial charge in [-0.1, -0.05) is 0 Å². The summed E-state index contributed by atoms with van der Waals surface area (Å²) in [5, 5.41) is 4.66. The normalized spacial score (nSPS) is 10.1. The van der Waals surface area contributed by atoms with Gasteiger partial charge in [-0.15, -0.1) is 0 Å². The van der Waals surface area contributed by atoms with Crippen LogP contribution in [0.4, 0.5) is 0 Å². The molecule has 0 bridgehead atoms. The van der Waals surface area contributed by atoms with Gasteiger partial charge in [-0.05, 0) is 24.3 Å². The Balaban J connectivity index is 2.54. The Bertz CT molecular complexity index is 627. The smallest absolute Gasteiger partial charge is 0.331 e. The Morgan fingerprint density at radius 2 is 1.88 bits per heavy atom. The van der Waals surface area contributed by atoms with E-state index >= 15 is 0 Å². The third kappa shape index (κ3) is 6.39. The fourth-order valence-corrected chi connectivity index (χ4v) is 1.63. The summed E-state index contributed by atoms with van der Waals surface area (Å²) in [4.78, 5) is 34.0. The van der Waals surface area contributed by atoms with Gasteiger partial charge in [0.2, 0.25) is 5.91 Å². The van der Waals surface area contributed by atoms with E-state index in [2.05, 4.69) is 10.6 Å². The number of rotatable bonds is 8. The summed E-state index contributed by atoms with van der Waals surface area (Å²) < 4.78 is 15.1. The molecule has 0 saturated heterocycles. The fourth-order valence-electron chi connectivity index (χ4n) is 1.63. The molecule has 0 heterocycles. The molecule has 1 aromatic carbocycles. The van der Waals surface area contributed by atoms with Crippen molar-refractivity contribution >= 4 is 23.9 Å². The van der Waals surface area contributed by atoms with Crippen LogP contribution in [0.25, 0.3) is 6.08 Å². The minimum absolute atomic E-state index is 0.177. The van der Waals surface area contributed by atoms with Crippen molar-refractivity contribution in [3.63, 3.8) is 0 Å². The minimum atomic E-state index is -0.699. The number of hydrogen-bond acceptors (Lipinski definition) is 6. The molecule has 130 valence electrons. The van der Waals surface area contributed by atoms with Gasteiger partial charge >= 0.3 is 5.97 Å². The number of esters is 1. The van der Waals surface area contributed by atoms with E-state index < -0.39 is 18.5 Å². The van der Waals surface area contributed by atoms with Crippen LogP contribution < -0.4 is 20.1 Å². The van der Waals surface area contributed by atoms with E-state index in [1.54, 1.807) is 18.2 Å². The summed E-state index contributed by atoms with van der Waals surface area (Å²) in [5.41, 5.74) is 0.623. The van der Waals surface area contributed by atoms with Gasteiger partial charge < -0.3 is 24.8 Å². The monoisotopic (exact) mass is 336 g/mol. The molecule has 8 heteroatoms. The maximum Gasteiger partial charge on any atom is 0.331 e. The minimum Gasteiger partial charge on any atom is -0.497 e. The van der Waals surface area contributed by atoms with Crippen molar-refractivity contribution < 1.29 is 28.6 Å². The second-order valence-electron chi connectivity index (χ2n) is 4.50. The van der Waals surface area contributed by atoms with Gasteiger partial charge in [0.05, 0.1) is 20.8 Å². The quantitative estimate of drug-likeness (QED) is 0.516. The number of likely N-dealkylation sites (N-methyl/N-ethyl adjacent to an activating group) is 1. The van der Waals surface area contributed by atoms with Crippen LogP contribution in [0.5, 0.6) is 11.5 Å². The van der Waals surface area contributed by atoms with Crippen molar-refractivity contribution in [2.45, 2.75) is 0 Å². The highest BCUT2D eigenvalue weighted by Gasteiger charge is 2.07. The zero-order chi connectivity index (χ0) is 17.9. The lowest BCUT2D eigenvalue weighted by molar-refractivity contribution is -0.143. The van der Waals surface area contributed by atoms with Crippen LogP contribution in [0.15, 0.2) is 24.3 Å². The number of nitrogens with one attached hydrogen (secondary N) is 2. The van der Waals surface area contributed by atoms with E-state index in [1.165, 1.54) is 33.4 Å². The number of carbonyl (C=O) groups is 3. The topological polar surface area (TPSA) is 103 Å². The van der Waals surface area contributed by atoms with E-state index in [1.807, 2.05) is 0 Å². The third-order valence-electron chi connectivity index (χ3n) is 2.91. The molecule has 0 aliphatic carbocycles. The lowest BCUT2D eigenvalue weighted by Crippen LogP contribution is -2.37. The molecule has 0 unspecified atom stereocenters. The maximum atomic E-state index is 11.6. The average molecular weight is 336 g/mol. The van der Waals surface area contributed by atoms with Crippen LogP contribution >= 0.6 is 0 Å². The van der Waals surface area contributed by atoms with Crippen LogP contribution in [0.2, 0.25) is 0 Å². The molecule has 24 heavy (non-hydrogen) atoms. The molecule has 2 N–H and O–H groups in total. The molecule has 0 saturated carbocycles. The van der Waals surface area contributed by atoms with Gasteiger partial charge in [-0.25, -0.2) is 4.79 Å². The molecular weight excluding hydrogens is 316 g/mol. The SMILES string of the molecule is CNC(=O)CNC(=O)COC(=O)/C=C/c1cc(OC)ccc1OC. The van der Waals surface area contributed by atoms with E-state index in [-0.39, 0.29) is 12.5 Å². The van der Waals surface area contributed by atoms with Crippen molar-refractivity contribution in [1.29, 1.82) is 0 Å². The standard InChI is InChI=1S/C16H20N2O6/c1-17-14(19)9-18-15(20)10-24-16(21)7-4-11-8-12(22-2)5-6-13(11)23-3/h4-8H,9-10H2,1-3H3,(H,17,19)(H,18,20)/b7-4+. The summed E-state index contributed by atoms with van der Waals surface area (Å²) in [7, 11) is 4.49. The second kappa shape index (κ2) is 9.88. The largest absolute Gasteiger partial charge is 0.497 e. The van der Waals surface area contributed by atoms with E-state index in [9.17, 15) is 14.4 Å². The highest BCUT2D eigenvalue weighted by atomic mass is 16.5. The lowest BCUT2D eigenvalue weighted by Gasteiger charge is -2.07. The summed E-state index contributed by atoms with van der Waals surface area (Å²) >= 11 is 0. The van der Waals surface area contributed by atoms with E-state index in [0.717, 1.165) is 0 Å². The molecule has 0 aliphatic heterocycles. The first-order valence-corrected chi connectivity index (χ1v) is 7.04. The summed E-state index contributed by atoms with van der Waals surface area (Å²) in [5.74, 6) is -0.450. The van der Waals surface area contributed by atoms with Crippen molar-refractivity contribution in [2.75, 3.05) is 34.4 Å². The van der Waals surface area contributed by atoms with Crippen LogP contribution in [0.3, 0.4) is 0 Å². The fraction of sp³-hybridized carbons (Fsp3) is 0.312. The molecule has 0 aliphatic rings. The van der Waals surface area contributed by atoms with Crippen LogP contribution in [0, 0.1) is 0 Å². The van der Waals surface area contributed by atoms with Gasteiger partial charge in [-0.2, -0.15) is 0 Å². The summed E-state index contributed by atoms with van der Waals surface area (Å²) in [6.45, 7) is -0.654. The molecule has 0 atom stereocenters. The highest BCUT2D eigenvalue weighted by molar-refractivity contribution is 5.90.